The van der Waals surface area contributed by atoms with Gasteiger partial charge < -0.3 is 24.8 Å². The number of amides is 1. The van der Waals surface area contributed by atoms with Gasteiger partial charge >= 0.3 is 5.97 Å². The van der Waals surface area contributed by atoms with Crippen LogP contribution in [0.4, 0.5) is 0 Å². The maximum absolute atomic E-state index is 12.8. The van der Waals surface area contributed by atoms with Crippen molar-refractivity contribution in [1.29, 1.82) is 0 Å². The van der Waals surface area contributed by atoms with E-state index in [0.29, 0.717) is 36.0 Å². The third-order valence-corrected chi connectivity index (χ3v) is 11.1. The van der Waals surface area contributed by atoms with Crippen LogP contribution in [0.3, 0.4) is 0 Å². The minimum atomic E-state index is -0.865. The number of hydrogen-bond donors (Lipinski definition) is 4. The van der Waals surface area contributed by atoms with Crippen LogP contribution in [0, 0.1) is 0 Å². The molecule has 13 heteroatoms. The number of carboxylic acids is 1. The summed E-state index contributed by atoms with van der Waals surface area (Å²) in [6.07, 6.45) is 0.325. The molecule has 0 radical (unpaired) electrons. The minimum absolute atomic E-state index is 0. The standard InChI is InChI=1S/C25H21N3O3.C16H12N2O3.C9H11NO.CH4/c1-31-20-11-10-18-14-28(15-19(18)13-20)23(29)12-16-6-8-17(9-7-16)24-21-4-2-3-5-22(21)25(30)27-26-24;19-14(20)9-10-5-7-11(8-6-10)15-12-3-1-2-4-13(12)16(21)18-17-15;1-11-9-3-2-7-5-10-6-8(7)4-9;/h2-11,13H,12,14-15H2,1H3,(H,27,30);1-8H,9H2,(H,18,21)(H,19,20);2-4,10H,5-6H2,1H3;1H4. The third kappa shape index (κ3) is 9.90. The maximum atomic E-state index is 12.8. The second kappa shape index (κ2) is 19.9. The van der Waals surface area contributed by atoms with Crippen LogP contribution in [0.5, 0.6) is 11.5 Å². The first-order chi connectivity index (χ1) is 30.7. The number of aromatic amines is 2. The summed E-state index contributed by atoms with van der Waals surface area (Å²) in [6.45, 7) is 3.21. The summed E-state index contributed by atoms with van der Waals surface area (Å²) >= 11 is 0. The molecule has 4 heterocycles. The lowest BCUT2D eigenvalue weighted by Crippen LogP contribution is -2.26. The zero-order valence-electron chi connectivity index (χ0n) is 34.7. The van der Waals surface area contributed by atoms with Crippen molar-refractivity contribution in [2.75, 3.05) is 14.2 Å². The molecule has 0 spiro atoms. The zero-order valence-corrected chi connectivity index (χ0v) is 34.7. The fraction of sp³-hybridized carbons (Fsp3) is 0.176. The number of rotatable bonds is 8. The molecule has 2 aromatic heterocycles. The van der Waals surface area contributed by atoms with Crippen LogP contribution in [-0.2, 0) is 48.6 Å². The summed E-state index contributed by atoms with van der Waals surface area (Å²) < 4.78 is 10.4. The molecule has 13 nitrogen and oxygen atoms in total. The van der Waals surface area contributed by atoms with Gasteiger partial charge in [0.1, 0.15) is 11.5 Å². The lowest BCUT2D eigenvalue weighted by Gasteiger charge is -2.15. The highest BCUT2D eigenvalue weighted by Gasteiger charge is 2.24. The molecule has 64 heavy (non-hydrogen) atoms. The Kier molecular flexibility index (Phi) is 13.7. The van der Waals surface area contributed by atoms with Crippen molar-refractivity contribution in [3.63, 3.8) is 0 Å². The molecule has 0 saturated carbocycles. The smallest absolute Gasteiger partial charge is 0.307 e. The Bertz CT molecular complexity index is 3070. The van der Waals surface area contributed by atoms with E-state index in [1.807, 2.05) is 95.9 Å². The number of fused-ring (bicyclic) bond motifs is 4. The van der Waals surface area contributed by atoms with Gasteiger partial charge in [0.25, 0.3) is 11.1 Å². The van der Waals surface area contributed by atoms with Gasteiger partial charge in [-0.15, -0.1) is 0 Å². The molecular weight excluding hydrogens is 809 g/mol. The largest absolute Gasteiger partial charge is 0.497 e. The number of nitrogens with zero attached hydrogens (tertiary/aromatic N) is 3. The Labute approximate surface area is 369 Å². The Morgan fingerprint density at radius 3 is 1.55 bits per heavy atom. The summed E-state index contributed by atoms with van der Waals surface area (Å²) in [5, 5.41) is 28.2. The van der Waals surface area contributed by atoms with Crippen LogP contribution in [0.2, 0.25) is 0 Å². The summed E-state index contributed by atoms with van der Waals surface area (Å²) in [4.78, 5) is 49.2. The van der Waals surface area contributed by atoms with Crippen molar-refractivity contribution in [2.45, 2.75) is 46.4 Å². The molecular formula is C51H48N6O7. The molecule has 2 aliphatic heterocycles. The average molecular weight is 857 g/mol. The lowest BCUT2D eigenvalue weighted by molar-refractivity contribution is -0.136. The molecule has 324 valence electrons. The number of aliphatic carboxylic acids is 1. The molecule has 8 aromatic rings. The highest BCUT2D eigenvalue weighted by Crippen LogP contribution is 2.29. The zero-order chi connectivity index (χ0) is 43.9. The lowest BCUT2D eigenvalue weighted by atomic mass is 10.0. The van der Waals surface area contributed by atoms with Crippen molar-refractivity contribution in [2.24, 2.45) is 0 Å². The normalized spacial score (nSPS) is 12.2. The van der Waals surface area contributed by atoms with Gasteiger partial charge in [-0.3, -0.25) is 19.2 Å². The number of hydrogen-bond acceptors (Lipinski definition) is 9. The van der Waals surface area contributed by atoms with E-state index >= 15 is 0 Å². The van der Waals surface area contributed by atoms with Crippen molar-refractivity contribution < 1.29 is 24.2 Å². The molecule has 0 aliphatic carbocycles. The number of benzene rings is 6. The van der Waals surface area contributed by atoms with Crippen molar-refractivity contribution in [1.82, 2.24) is 30.6 Å². The molecule has 0 bridgehead atoms. The van der Waals surface area contributed by atoms with E-state index in [1.165, 1.54) is 16.7 Å². The van der Waals surface area contributed by atoms with Crippen LogP contribution < -0.4 is 25.9 Å². The second-order valence-corrected chi connectivity index (χ2v) is 15.2. The third-order valence-electron chi connectivity index (χ3n) is 11.1. The molecule has 2 aliphatic rings. The van der Waals surface area contributed by atoms with Crippen LogP contribution >= 0.6 is 0 Å². The summed E-state index contributed by atoms with van der Waals surface area (Å²) in [5.74, 6) is 0.991. The van der Waals surface area contributed by atoms with Crippen molar-refractivity contribution >= 4 is 33.4 Å². The Morgan fingerprint density at radius 2 is 1.03 bits per heavy atom. The van der Waals surface area contributed by atoms with Gasteiger partial charge in [-0.2, -0.15) is 10.2 Å². The van der Waals surface area contributed by atoms with E-state index in [-0.39, 0.29) is 30.9 Å². The van der Waals surface area contributed by atoms with Crippen LogP contribution in [-0.4, -0.2) is 56.5 Å². The number of ether oxygens (including phenoxy) is 2. The Balaban J connectivity index is 0.000000159. The minimum Gasteiger partial charge on any atom is -0.497 e. The average Bonchev–Trinajstić information content (AvgIpc) is 3.98. The predicted molar refractivity (Wildman–Crippen MR) is 248 cm³/mol. The van der Waals surface area contributed by atoms with Gasteiger partial charge in [-0.1, -0.05) is 104 Å². The van der Waals surface area contributed by atoms with Crippen LogP contribution in [0.1, 0.15) is 40.8 Å². The number of nitrogens with one attached hydrogen (secondary N) is 3. The van der Waals surface area contributed by atoms with Gasteiger partial charge in [0, 0.05) is 48.1 Å². The maximum Gasteiger partial charge on any atom is 0.307 e. The quantitative estimate of drug-likeness (QED) is 0.118. The molecule has 0 saturated heterocycles. The van der Waals surface area contributed by atoms with E-state index in [9.17, 15) is 19.2 Å². The fourth-order valence-electron chi connectivity index (χ4n) is 7.76. The highest BCUT2D eigenvalue weighted by molar-refractivity contribution is 5.94. The number of aromatic nitrogens is 4. The summed E-state index contributed by atoms with van der Waals surface area (Å²) in [7, 11) is 3.35. The van der Waals surface area contributed by atoms with Gasteiger partial charge in [-0.25, -0.2) is 10.2 Å². The van der Waals surface area contributed by atoms with E-state index in [4.69, 9.17) is 14.6 Å². The number of carbonyl (C=O) groups excluding carboxylic acids is 1. The Morgan fingerprint density at radius 1 is 0.578 bits per heavy atom. The van der Waals surface area contributed by atoms with E-state index in [0.717, 1.165) is 68.9 Å². The van der Waals surface area contributed by atoms with Crippen LogP contribution in [0.15, 0.2) is 143 Å². The molecule has 0 fully saturated rings. The molecule has 4 N–H and O–H groups in total. The van der Waals surface area contributed by atoms with Gasteiger partial charge in [0.15, 0.2) is 0 Å². The van der Waals surface area contributed by atoms with E-state index in [2.05, 4.69) is 37.8 Å². The summed E-state index contributed by atoms with van der Waals surface area (Å²) in [6, 6.07) is 41.7. The SMILES string of the molecule is C.COc1ccc2c(c1)CN(C(=O)Cc1ccc(-c3n[nH]c(=O)c4ccccc34)cc1)C2.COc1ccc2c(c1)CNC2.O=C(O)Cc1ccc(-c2n[nH]c(=O)c3ccccc23)cc1. The molecule has 1 amide bonds. The predicted octanol–water partition coefficient (Wildman–Crippen LogP) is 7.84. The fourth-order valence-corrected chi connectivity index (χ4v) is 7.76. The van der Waals surface area contributed by atoms with Gasteiger partial charge in [0.2, 0.25) is 5.91 Å². The van der Waals surface area contributed by atoms with E-state index < -0.39 is 5.97 Å². The summed E-state index contributed by atoms with van der Waals surface area (Å²) in [5.41, 5.74) is 9.42. The number of carboxylic acid groups (broad SMARTS) is 1. The van der Waals surface area contributed by atoms with Gasteiger partial charge in [-0.05, 0) is 69.8 Å². The van der Waals surface area contributed by atoms with E-state index in [1.54, 1.807) is 44.6 Å². The monoisotopic (exact) mass is 856 g/mol. The van der Waals surface area contributed by atoms with Crippen molar-refractivity contribution in [3.8, 4) is 34.0 Å². The Hall–Kier alpha value is -7.90. The van der Waals surface area contributed by atoms with Gasteiger partial charge in [0.05, 0.1) is 49.2 Å². The first-order valence-corrected chi connectivity index (χ1v) is 20.3. The number of methoxy groups -OCH3 is 2. The number of H-pyrrole nitrogens is 2. The van der Waals surface area contributed by atoms with Crippen LogP contribution in [0.25, 0.3) is 44.1 Å². The highest BCUT2D eigenvalue weighted by atomic mass is 16.5. The topological polar surface area (TPSA) is 180 Å². The molecule has 0 atom stereocenters. The number of carbonyl (C=O) groups is 2. The molecule has 10 rings (SSSR count). The van der Waals surface area contributed by atoms with Crippen molar-refractivity contribution in [3.05, 3.63) is 188 Å². The molecule has 6 aromatic carbocycles. The first kappa shape index (κ1) is 44.2. The first-order valence-electron chi connectivity index (χ1n) is 20.3. The second-order valence-electron chi connectivity index (χ2n) is 15.2. The molecule has 0 unspecified atom stereocenters.